The van der Waals surface area contributed by atoms with Crippen LogP contribution in [0.3, 0.4) is 0 Å². The zero-order valence-corrected chi connectivity index (χ0v) is 16.0. The van der Waals surface area contributed by atoms with E-state index >= 15 is 0 Å². The monoisotopic (exact) mass is 364 g/mol. The van der Waals surface area contributed by atoms with Gasteiger partial charge in [0.2, 0.25) is 5.82 Å². The first-order chi connectivity index (χ1) is 12.9. The molecule has 0 radical (unpaired) electrons. The van der Waals surface area contributed by atoms with Gasteiger partial charge in [-0.05, 0) is 62.6 Å². The lowest BCUT2D eigenvalue weighted by Gasteiger charge is -2.10. The highest BCUT2D eigenvalue weighted by Gasteiger charge is 2.22. The summed E-state index contributed by atoms with van der Waals surface area (Å²) in [7, 11) is 0. The number of pyridine rings is 1. The summed E-state index contributed by atoms with van der Waals surface area (Å²) in [4.78, 5) is 29.7. The second kappa shape index (κ2) is 7.61. The number of nitrogens with zero attached hydrogens (tertiary/aromatic N) is 2. The maximum atomic E-state index is 12.8. The molecule has 2 aromatic heterocycles. The summed E-state index contributed by atoms with van der Waals surface area (Å²) in [6.07, 6.45) is 2.55. The summed E-state index contributed by atoms with van der Waals surface area (Å²) in [5, 5.41) is 5.78. The van der Waals surface area contributed by atoms with Crippen LogP contribution in [0.15, 0.2) is 42.6 Å². The molecule has 0 bridgehead atoms. The number of aryl methyl sites for hydroxylation is 2. The standard InChI is InChI=1S/C21H24N4O2/c1-5-15(4)22-21(27)19-24-18(17-8-6-7-11-25(17)19)20(26)23-16-10-9-13(2)14(3)12-16/h6-12,15H,5H2,1-4H3,(H,22,27)(H,23,26). The Hall–Kier alpha value is -3.15. The molecular formula is C21H24N4O2. The molecule has 2 N–H and O–H groups in total. The molecule has 0 fully saturated rings. The Morgan fingerprint density at radius 1 is 1.11 bits per heavy atom. The number of anilines is 1. The Labute approximate surface area is 158 Å². The molecule has 0 aliphatic heterocycles. The highest BCUT2D eigenvalue weighted by molar-refractivity contribution is 6.09. The van der Waals surface area contributed by atoms with Gasteiger partial charge in [-0.3, -0.25) is 14.0 Å². The Kier molecular flexibility index (Phi) is 5.26. The molecule has 0 aliphatic carbocycles. The summed E-state index contributed by atoms with van der Waals surface area (Å²) < 4.78 is 1.65. The average Bonchev–Trinajstić information content (AvgIpc) is 3.04. The fourth-order valence-corrected chi connectivity index (χ4v) is 2.76. The fraction of sp³-hybridized carbons (Fsp3) is 0.286. The molecule has 140 valence electrons. The topological polar surface area (TPSA) is 75.5 Å². The number of rotatable bonds is 5. The number of aromatic nitrogens is 2. The predicted octanol–water partition coefficient (Wildman–Crippen LogP) is 3.73. The summed E-state index contributed by atoms with van der Waals surface area (Å²) >= 11 is 0. The van der Waals surface area contributed by atoms with E-state index in [9.17, 15) is 9.59 Å². The molecule has 0 saturated heterocycles. The molecule has 3 aromatic rings. The molecule has 6 heteroatoms. The molecule has 6 nitrogen and oxygen atoms in total. The highest BCUT2D eigenvalue weighted by Crippen LogP contribution is 2.18. The zero-order valence-electron chi connectivity index (χ0n) is 16.0. The predicted molar refractivity (Wildman–Crippen MR) is 106 cm³/mol. The van der Waals surface area contributed by atoms with Gasteiger partial charge in [-0.25, -0.2) is 4.98 Å². The van der Waals surface area contributed by atoms with Crippen molar-refractivity contribution in [2.24, 2.45) is 0 Å². The maximum Gasteiger partial charge on any atom is 0.287 e. The van der Waals surface area contributed by atoms with Crippen LogP contribution in [-0.4, -0.2) is 27.2 Å². The van der Waals surface area contributed by atoms with Crippen molar-refractivity contribution in [2.45, 2.75) is 40.2 Å². The number of hydrogen-bond donors (Lipinski definition) is 2. The number of carbonyl (C=O) groups is 2. The van der Waals surface area contributed by atoms with E-state index in [1.807, 2.05) is 52.0 Å². The van der Waals surface area contributed by atoms with Crippen LogP contribution in [-0.2, 0) is 0 Å². The molecule has 3 rings (SSSR count). The van der Waals surface area contributed by atoms with E-state index in [1.165, 1.54) is 0 Å². The second-order valence-corrected chi connectivity index (χ2v) is 6.78. The Morgan fingerprint density at radius 2 is 1.89 bits per heavy atom. The Bertz CT molecular complexity index is 1010. The summed E-state index contributed by atoms with van der Waals surface area (Å²) in [6.45, 7) is 7.94. The van der Waals surface area contributed by atoms with Crippen molar-refractivity contribution in [3.05, 3.63) is 65.2 Å². The van der Waals surface area contributed by atoms with E-state index in [-0.39, 0.29) is 29.4 Å². The minimum absolute atomic E-state index is 0.0290. The van der Waals surface area contributed by atoms with E-state index in [2.05, 4.69) is 15.6 Å². The SMILES string of the molecule is CCC(C)NC(=O)c1nc(C(=O)Nc2ccc(C)c(C)c2)c2ccccn12. The third kappa shape index (κ3) is 3.84. The van der Waals surface area contributed by atoms with Crippen LogP contribution < -0.4 is 10.6 Å². The van der Waals surface area contributed by atoms with E-state index in [4.69, 9.17) is 0 Å². The van der Waals surface area contributed by atoms with Crippen molar-refractivity contribution in [2.75, 3.05) is 5.32 Å². The van der Waals surface area contributed by atoms with Crippen LogP contribution in [0.1, 0.15) is 52.5 Å². The van der Waals surface area contributed by atoms with Gasteiger partial charge >= 0.3 is 0 Å². The first-order valence-corrected chi connectivity index (χ1v) is 9.07. The van der Waals surface area contributed by atoms with Crippen LogP contribution in [0, 0.1) is 13.8 Å². The van der Waals surface area contributed by atoms with Crippen molar-refractivity contribution in [3.63, 3.8) is 0 Å². The quantitative estimate of drug-likeness (QED) is 0.724. The van der Waals surface area contributed by atoms with Gasteiger partial charge in [-0.15, -0.1) is 0 Å². The van der Waals surface area contributed by atoms with Crippen molar-refractivity contribution < 1.29 is 9.59 Å². The molecule has 1 unspecified atom stereocenters. The molecular weight excluding hydrogens is 340 g/mol. The maximum absolute atomic E-state index is 12.8. The van der Waals surface area contributed by atoms with Crippen molar-refractivity contribution >= 4 is 23.0 Å². The van der Waals surface area contributed by atoms with Gasteiger partial charge in [0.15, 0.2) is 5.69 Å². The van der Waals surface area contributed by atoms with Crippen LogP contribution in [0.25, 0.3) is 5.52 Å². The van der Waals surface area contributed by atoms with Crippen LogP contribution in [0.2, 0.25) is 0 Å². The molecule has 0 saturated carbocycles. The van der Waals surface area contributed by atoms with Crippen molar-refractivity contribution in [1.82, 2.24) is 14.7 Å². The normalized spacial score (nSPS) is 12.0. The first kappa shape index (κ1) is 18.6. The molecule has 2 amide bonds. The number of benzene rings is 1. The molecule has 0 spiro atoms. The van der Waals surface area contributed by atoms with Gasteiger partial charge in [0.25, 0.3) is 11.8 Å². The van der Waals surface area contributed by atoms with Crippen LogP contribution >= 0.6 is 0 Å². The van der Waals surface area contributed by atoms with Gasteiger partial charge in [-0.1, -0.05) is 19.1 Å². The fourth-order valence-electron chi connectivity index (χ4n) is 2.76. The lowest BCUT2D eigenvalue weighted by atomic mass is 10.1. The van der Waals surface area contributed by atoms with E-state index < -0.39 is 0 Å². The lowest BCUT2D eigenvalue weighted by molar-refractivity contribution is 0.0928. The highest BCUT2D eigenvalue weighted by atomic mass is 16.2. The minimum Gasteiger partial charge on any atom is -0.347 e. The number of fused-ring (bicyclic) bond motifs is 1. The molecule has 0 aliphatic rings. The number of amides is 2. The van der Waals surface area contributed by atoms with Gasteiger partial charge in [0, 0.05) is 17.9 Å². The van der Waals surface area contributed by atoms with Gasteiger partial charge in [-0.2, -0.15) is 0 Å². The Balaban J connectivity index is 1.95. The Morgan fingerprint density at radius 3 is 2.59 bits per heavy atom. The van der Waals surface area contributed by atoms with Gasteiger partial charge in [0.1, 0.15) is 0 Å². The van der Waals surface area contributed by atoms with Gasteiger partial charge < -0.3 is 10.6 Å². The number of hydrogen-bond acceptors (Lipinski definition) is 3. The third-order valence-electron chi connectivity index (χ3n) is 4.72. The molecule has 1 atom stereocenters. The summed E-state index contributed by atoms with van der Waals surface area (Å²) in [5.74, 6) is -0.434. The average molecular weight is 364 g/mol. The molecule has 1 aromatic carbocycles. The summed E-state index contributed by atoms with van der Waals surface area (Å²) in [6, 6.07) is 11.2. The van der Waals surface area contributed by atoms with Crippen molar-refractivity contribution in [3.8, 4) is 0 Å². The number of imidazole rings is 1. The number of nitrogens with one attached hydrogen (secondary N) is 2. The zero-order chi connectivity index (χ0) is 19.6. The first-order valence-electron chi connectivity index (χ1n) is 9.07. The number of carbonyl (C=O) groups excluding carboxylic acids is 2. The summed E-state index contributed by atoms with van der Waals surface area (Å²) in [5.41, 5.74) is 3.77. The smallest absolute Gasteiger partial charge is 0.287 e. The van der Waals surface area contributed by atoms with E-state index in [0.29, 0.717) is 11.2 Å². The minimum atomic E-state index is -0.343. The second-order valence-electron chi connectivity index (χ2n) is 6.78. The van der Waals surface area contributed by atoms with Crippen LogP contribution in [0.5, 0.6) is 0 Å². The lowest BCUT2D eigenvalue weighted by Crippen LogP contribution is -2.33. The molecule has 2 heterocycles. The van der Waals surface area contributed by atoms with E-state index in [1.54, 1.807) is 22.7 Å². The van der Waals surface area contributed by atoms with Gasteiger partial charge in [0.05, 0.1) is 5.52 Å². The largest absolute Gasteiger partial charge is 0.347 e. The van der Waals surface area contributed by atoms with E-state index in [0.717, 1.165) is 17.5 Å². The third-order valence-corrected chi connectivity index (χ3v) is 4.72. The molecule has 27 heavy (non-hydrogen) atoms. The van der Waals surface area contributed by atoms with Crippen LogP contribution in [0.4, 0.5) is 5.69 Å². The van der Waals surface area contributed by atoms with Crippen molar-refractivity contribution in [1.29, 1.82) is 0 Å².